The van der Waals surface area contributed by atoms with Crippen molar-refractivity contribution >= 4 is 27.5 Å². The van der Waals surface area contributed by atoms with Gasteiger partial charge in [0, 0.05) is 12.6 Å². The largest absolute Gasteiger partial charge is 0.493 e. The summed E-state index contributed by atoms with van der Waals surface area (Å²) in [5.41, 5.74) is 0.523. The van der Waals surface area contributed by atoms with Gasteiger partial charge < -0.3 is 14.2 Å². The SMILES string of the molecule is COc1ccc(C(=O)COC(=O)c2ccccc2S(=O)(=O)N(C)c2ccccc2)cc1OC. The Morgan fingerprint density at radius 3 is 2.15 bits per heavy atom. The van der Waals surface area contributed by atoms with Gasteiger partial charge in [0.05, 0.1) is 25.5 Å². The van der Waals surface area contributed by atoms with Crippen molar-refractivity contribution < 1.29 is 32.2 Å². The topological polar surface area (TPSA) is 99.2 Å². The normalized spacial score (nSPS) is 10.9. The molecule has 3 rings (SSSR count). The second-order valence-corrected chi connectivity index (χ2v) is 8.81. The van der Waals surface area contributed by atoms with Crippen LogP contribution in [0.3, 0.4) is 0 Å². The fourth-order valence-corrected chi connectivity index (χ4v) is 4.46. The maximum Gasteiger partial charge on any atom is 0.339 e. The van der Waals surface area contributed by atoms with E-state index < -0.39 is 28.4 Å². The van der Waals surface area contributed by atoms with Crippen LogP contribution >= 0.6 is 0 Å². The molecule has 3 aromatic carbocycles. The summed E-state index contributed by atoms with van der Waals surface area (Å²) in [6.45, 7) is -0.572. The predicted molar refractivity (Wildman–Crippen MR) is 123 cm³/mol. The number of esters is 1. The van der Waals surface area contributed by atoms with Crippen molar-refractivity contribution in [1.82, 2.24) is 0 Å². The summed E-state index contributed by atoms with van der Waals surface area (Å²) in [6.07, 6.45) is 0. The van der Waals surface area contributed by atoms with Crippen molar-refractivity contribution in [2.24, 2.45) is 0 Å². The lowest BCUT2D eigenvalue weighted by Crippen LogP contribution is -2.28. The zero-order valence-electron chi connectivity index (χ0n) is 18.3. The molecule has 0 amide bonds. The number of anilines is 1. The Morgan fingerprint density at radius 2 is 1.48 bits per heavy atom. The number of para-hydroxylation sites is 1. The Balaban J connectivity index is 1.80. The van der Waals surface area contributed by atoms with Gasteiger partial charge in [-0.3, -0.25) is 9.10 Å². The molecule has 0 saturated heterocycles. The maximum atomic E-state index is 13.2. The highest BCUT2D eigenvalue weighted by molar-refractivity contribution is 7.92. The van der Waals surface area contributed by atoms with Gasteiger partial charge in [0.25, 0.3) is 10.0 Å². The minimum atomic E-state index is -4.06. The summed E-state index contributed by atoms with van der Waals surface area (Å²) < 4.78 is 42.9. The zero-order chi connectivity index (χ0) is 24.0. The number of hydrogen-bond acceptors (Lipinski definition) is 7. The summed E-state index contributed by atoms with van der Waals surface area (Å²) in [7, 11) is 0.253. The fraction of sp³-hybridized carbons (Fsp3) is 0.167. The van der Waals surface area contributed by atoms with Gasteiger partial charge in [0.1, 0.15) is 4.90 Å². The Bertz CT molecular complexity index is 1260. The second kappa shape index (κ2) is 10.2. The molecule has 172 valence electrons. The van der Waals surface area contributed by atoms with Crippen LogP contribution in [0.5, 0.6) is 11.5 Å². The number of sulfonamides is 1. The molecule has 0 bridgehead atoms. The highest BCUT2D eigenvalue weighted by Gasteiger charge is 2.27. The number of ether oxygens (including phenoxy) is 3. The lowest BCUT2D eigenvalue weighted by atomic mass is 10.1. The summed E-state index contributed by atoms with van der Waals surface area (Å²) in [6, 6.07) is 18.7. The quantitative estimate of drug-likeness (QED) is 0.349. The number of nitrogens with zero attached hydrogens (tertiary/aromatic N) is 1. The van der Waals surface area contributed by atoms with E-state index in [-0.39, 0.29) is 16.0 Å². The number of carbonyl (C=O) groups excluding carboxylic acids is 2. The molecule has 0 atom stereocenters. The molecule has 0 heterocycles. The highest BCUT2D eigenvalue weighted by atomic mass is 32.2. The number of Topliss-reactive ketones (excluding diaryl/α,β-unsaturated/α-hetero) is 1. The van der Waals surface area contributed by atoms with Crippen LogP contribution in [-0.2, 0) is 14.8 Å². The van der Waals surface area contributed by atoms with E-state index in [1.807, 2.05) is 0 Å². The second-order valence-electron chi connectivity index (χ2n) is 6.87. The van der Waals surface area contributed by atoms with E-state index in [1.165, 1.54) is 57.7 Å². The third-order valence-corrected chi connectivity index (χ3v) is 6.75. The third kappa shape index (κ3) is 5.15. The molecule has 0 saturated carbocycles. The van der Waals surface area contributed by atoms with Crippen molar-refractivity contribution in [1.29, 1.82) is 0 Å². The Kier molecular flexibility index (Phi) is 7.34. The molecule has 0 N–H and O–H groups in total. The molecule has 0 fully saturated rings. The monoisotopic (exact) mass is 469 g/mol. The third-order valence-electron chi connectivity index (χ3n) is 4.91. The first kappa shape index (κ1) is 23.8. The summed E-state index contributed by atoms with van der Waals surface area (Å²) in [5, 5.41) is 0. The summed E-state index contributed by atoms with van der Waals surface area (Å²) in [4.78, 5) is 25.0. The van der Waals surface area contributed by atoms with Gasteiger partial charge in [-0.25, -0.2) is 13.2 Å². The Labute approximate surface area is 192 Å². The first-order valence-corrected chi connectivity index (χ1v) is 11.3. The van der Waals surface area contributed by atoms with Crippen LogP contribution in [0.1, 0.15) is 20.7 Å². The molecule has 0 spiro atoms. The standard InChI is InChI=1S/C24H23NO7S/c1-25(18-9-5-4-6-10-18)33(28,29)23-12-8-7-11-19(23)24(27)32-16-20(26)17-13-14-21(30-2)22(15-17)31-3/h4-15H,16H2,1-3H3. The van der Waals surface area contributed by atoms with Crippen molar-refractivity contribution in [3.63, 3.8) is 0 Å². The van der Waals surface area contributed by atoms with Gasteiger partial charge in [0.2, 0.25) is 0 Å². The van der Waals surface area contributed by atoms with Gasteiger partial charge in [0.15, 0.2) is 23.9 Å². The minimum absolute atomic E-state index is 0.166. The van der Waals surface area contributed by atoms with Crippen molar-refractivity contribution in [2.45, 2.75) is 4.90 Å². The smallest absolute Gasteiger partial charge is 0.339 e. The van der Waals surface area contributed by atoms with Crippen LogP contribution in [0.2, 0.25) is 0 Å². The summed E-state index contributed by atoms with van der Waals surface area (Å²) >= 11 is 0. The van der Waals surface area contributed by atoms with Gasteiger partial charge in [-0.2, -0.15) is 0 Å². The molecule has 9 heteroatoms. The van der Waals surface area contributed by atoms with Crippen LogP contribution in [0.25, 0.3) is 0 Å². The molecule has 0 aliphatic rings. The van der Waals surface area contributed by atoms with E-state index in [0.717, 1.165) is 4.31 Å². The maximum absolute atomic E-state index is 13.2. The number of rotatable bonds is 9. The number of ketones is 1. The fourth-order valence-electron chi connectivity index (χ4n) is 3.09. The van der Waals surface area contributed by atoms with E-state index in [4.69, 9.17) is 14.2 Å². The molecular formula is C24H23NO7S. The predicted octanol–water partition coefficient (Wildman–Crippen LogP) is 3.57. The molecule has 3 aromatic rings. The first-order valence-electron chi connectivity index (χ1n) is 9.85. The van der Waals surface area contributed by atoms with Crippen molar-refractivity contribution in [3.05, 3.63) is 83.9 Å². The molecule has 0 aliphatic heterocycles. The Hall–Kier alpha value is -3.85. The number of hydrogen-bond donors (Lipinski definition) is 0. The minimum Gasteiger partial charge on any atom is -0.493 e. The van der Waals surface area contributed by atoms with Crippen LogP contribution in [-0.4, -0.2) is 48.0 Å². The average molecular weight is 470 g/mol. The van der Waals surface area contributed by atoms with E-state index in [0.29, 0.717) is 17.2 Å². The highest BCUT2D eigenvalue weighted by Crippen LogP contribution is 2.28. The van der Waals surface area contributed by atoms with Crippen LogP contribution < -0.4 is 13.8 Å². The van der Waals surface area contributed by atoms with E-state index in [1.54, 1.807) is 36.4 Å². The lowest BCUT2D eigenvalue weighted by Gasteiger charge is -2.20. The van der Waals surface area contributed by atoms with Gasteiger partial charge in [-0.1, -0.05) is 30.3 Å². The Morgan fingerprint density at radius 1 is 0.848 bits per heavy atom. The molecule has 0 unspecified atom stereocenters. The van der Waals surface area contributed by atoms with Crippen LogP contribution in [0.4, 0.5) is 5.69 Å². The van der Waals surface area contributed by atoms with E-state index >= 15 is 0 Å². The lowest BCUT2D eigenvalue weighted by molar-refractivity contribution is 0.0471. The van der Waals surface area contributed by atoms with Crippen LogP contribution in [0.15, 0.2) is 77.7 Å². The molecule has 33 heavy (non-hydrogen) atoms. The van der Waals surface area contributed by atoms with E-state index in [2.05, 4.69) is 0 Å². The van der Waals surface area contributed by atoms with Crippen molar-refractivity contribution in [2.75, 3.05) is 32.2 Å². The molecule has 0 aromatic heterocycles. The molecule has 0 radical (unpaired) electrons. The molecular weight excluding hydrogens is 446 g/mol. The van der Waals surface area contributed by atoms with Gasteiger partial charge >= 0.3 is 5.97 Å². The first-order chi connectivity index (χ1) is 15.8. The van der Waals surface area contributed by atoms with Crippen LogP contribution in [0, 0.1) is 0 Å². The number of methoxy groups -OCH3 is 2. The molecule has 8 nitrogen and oxygen atoms in total. The number of benzene rings is 3. The van der Waals surface area contributed by atoms with Gasteiger partial charge in [-0.15, -0.1) is 0 Å². The number of carbonyl (C=O) groups is 2. The average Bonchev–Trinajstić information content (AvgIpc) is 2.86. The van der Waals surface area contributed by atoms with Gasteiger partial charge in [-0.05, 0) is 42.5 Å². The molecule has 0 aliphatic carbocycles. The summed E-state index contributed by atoms with van der Waals surface area (Å²) in [5.74, 6) is -0.599. The van der Waals surface area contributed by atoms with Crippen molar-refractivity contribution in [3.8, 4) is 11.5 Å². The van der Waals surface area contributed by atoms with E-state index in [9.17, 15) is 18.0 Å². The zero-order valence-corrected chi connectivity index (χ0v) is 19.2.